The number of piperazine rings is 1. The fourth-order valence-corrected chi connectivity index (χ4v) is 4.24. The van der Waals surface area contributed by atoms with E-state index in [0.717, 1.165) is 49.7 Å². The van der Waals surface area contributed by atoms with E-state index in [9.17, 15) is 4.79 Å². The van der Waals surface area contributed by atoms with E-state index in [0.29, 0.717) is 23.6 Å². The predicted octanol–water partition coefficient (Wildman–Crippen LogP) is 3.95. The molecule has 0 saturated carbocycles. The normalized spacial score (nSPS) is 14.5. The van der Waals surface area contributed by atoms with Gasteiger partial charge in [0.1, 0.15) is 17.0 Å². The summed E-state index contributed by atoms with van der Waals surface area (Å²) >= 11 is 6.18. The first-order chi connectivity index (χ1) is 15.5. The van der Waals surface area contributed by atoms with Gasteiger partial charge in [-0.05, 0) is 56.6 Å². The van der Waals surface area contributed by atoms with Gasteiger partial charge in [-0.3, -0.25) is 14.7 Å². The van der Waals surface area contributed by atoms with Gasteiger partial charge in [0.2, 0.25) is 0 Å². The standard InChI is InChI=1S/C24H28ClN5O2/c1-17-4-5-20(25)16-21(17)30-14-12-29(13-15-30)11-3-8-27-24(31)22-18(2)32-28-23(22)19-6-9-26-10-7-19/h4-7,9-10,16H,3,8,11-15H2,1-2H3,(H,27,31). The van der Waals surface area contributed by atoms with Gasteiger partial charge in [0.15, 0.2) is 0 Å². The van der Waals surface area contributed by atoms with E-state index >= 15 is 0 Å². The van der Waals surface area contributed by atoms with E-state index in [1.807, 2.05) is 18.2 Å². The highest BCUT2D eigenvalue weighted by Gasteiger charge is 2.22. The first kappa shape index (κ1) is 22.3. The number of benzene rings is 1. The second-order valence-corrected chi connectivity index (χ2v) is 8.50. The Morgan fingerprint density at radius 1 is 1.12 bits per heavy atom. The second-order valence-electron chi connectivity index (χ2n) is 8.07. The third kappa shape index (κ3) is 5.11. The van der Waals surface area contributed by atoms with E-state index < -0.39 is 0 Å². The largest absolute Gasteiger partial charge is 0.369 e. The minimum absolute atomic E-state index is 0.156. The molecule has 0 aliphatic carbocycles. The van der Waals surface area contributed by atoms with E-state index in [1.54, 1.807) is 19.3 Å². The van der Waals surface area contributed by atoms with Crippen LogP contribution in [0.4, 0.5) is 5.69 Å². The Morgan fingerprint density at radius 2 is 1.88 bits per heavy atom. The summed E-state index contributed by atoms with van der Waals surface area (Å²) in [6, 6.07) is 9.70. The summed E-state index contributed by atoms with van der Waals surface area (Å²) < 4.78 is 5.28. The summed E-state index contributed by atoms with van der Waals surface area (Å²) in [7, 11) is 0. The van der Waals surface area contributed by atoms with Crippen LogP contribution in [0.3, 0.4) is 0 Å². The number of hydrogen-bond acceptors (Lipinski definition) is 6. The molecule has 1 amide bonds. The lowest BCUT2D eigenvalue weighted by Crippen LogP contribution is -2.47. The molecule has 8 heteroatoms. The third-order valence-corrected chi connectivity index (χ3v) is 6.10. The van der Waals surface area contributed by atoms with E-state index in [4.69, 9.17) is 16.1 Å². The van der Waals surface area contributed by atoms with Crippen molar-refractivity contribution in [2.24, 2.45) is 0 Å². The minimum Gasteiger partial charge on any atom is -0.369 e. The van der Waals surface area contributed by atoms with Gasteiger partial charge in [-0.1, -0.05) is 22.8 Å². The van der Waals surface area contributed by atoms with Crippen LogP contribution < -0.4 is 10.2 Å². The average molecular weight is 454 g/mol. The van der Waals surface area contributed by atoms with Crippen molar-refractivity contribution in [3.63, 3.8) is 0 Å². The SMILES string of the molecule is Cc1ccc(Cl)cc1N1CCN(CCCNC(=O)c2c(-c3ccncc3)noc2C)CC1. The monoisotopic (exact) mass is 453 g/mol. The van der Waals surface area contributed by atoms with Gasteiger partial charge in [-0.2, -0.15) is 0 Å². The molecule has 168 valence electrons. The third-order valence-electron chi connectivity index (χ3n) is 5.86. The Hall–Kier alpha value is -2.90. The summed E-state index contributed by atoms with van der Waals surface area (Å²) in [5.74, 6) is 0.360. The molecule has 3 aromatic rings. The van der Waals surface area contributed by atoms with Crippen molar-refractivity contribution in [3.8, 4) is 11.3 Å². The lowest BCUT2D eigenvalue weighted by molar-refractivity contribution is 0.0950. The topological polar surface area (TPSA) is 74.5 Å². The molecule has 7 nitrogen and oxygen atoms in total. The molecule has 0 unspecified atom stereocenters. The van der Waals surface area contributed by atoms with Crippen LogP contribution in [-0.2, 0) is 0 Å². The zero-order chi connectivity index (χ0) is 22.5. The zero-order valence-electron chi connectivity index (χ0n) is 18.5. The maximum atomic E-state index is 12.8. The molecule has 0 bridgehead atoms. The number of anilines is 1. The number of halogens is 1. The minimum atomic E-state index is -0.156. The van der Waals surface area contributed by atoms with Crippen LogP contribution in [-0.4, -0.2) is 60.2 Å². The van der Waals surface area contributed by atoms with Crippen molar-refractivity contribution in [1.82, 2.24) is 20.4 Å². The van der Waals surface area contributed by atoms with Gasteiger partial charge in [-0.15, -0.1) is 0 Å². The highest BCUT2D eigenvalue weighted by Crippen LogP contribution is 2.26. The summed E-state index contributed by atoms with van der Waals surface area (Å²) in [5.41, 5.74) is 4.32. The van der Waals surface area contributed by atoms with Crippen molar-refractivity contribution in [3.05, 3.63) is 64.6 Å². The van der Waals surface area contributed by atoms with Crippen LogP contribution in [0.2, 0.25) is 5.02 Å². The number of nitrogens with one attached hydrogen (secondary N) is 1. The summed E-state index contributed by atoms with van der Waals surface area (Å²) in [4.78, 5) is 21.6. The zero-order valence-corrected chi connectivity index (χ0v) is 19.2. The number of aromatic nitrogens is 2. The number of hydrogen-bond donors (Lipinski definition) is 1. The summed E-state index contributed by atoms with van der Waals surface area (Å²) in [6.45, 7) is 9.38. The maximum absolute atomic E-state index is 12.8. The van der Waals surface area contributed by atoms with Crippen molar-refractivity contribution >= 4 is 23.2 Å². The van der Waals surface area contributed by atoms with Crippen molar-refractivity contribution < 1.29 is 9.32 Å². The van der Waals surface area contributed by atoms with Gasteiger partial charge in [0, 0.05) is 61.4 Å². The predicted molar refractivity (Wildman–Crippen MR) is 126 cm³/mol. The molecule has 1 aliphatic rings. The van der Waals surface area contributed by atoms with Crippen molar-refractivity contribution in [2.45, 2.75) is 20.3 Å². The molecule has 1 N–H and O–H groups in total. The fraction of sp³-hybridized carbons (Fsp3) is 0.375. The lowest BCUT2D eigenvalue weighted by Gasteiger charge is -2.37. The molecule has 0 radical (unpaired) electrons. The molecule has 2 aromatic heterocycles. The van der Waals surface area contributed by atoms with Gasteiger partial charge in [0.05, 0.1) is 0 Å². The van der Waals surface area contributed by atoms with Crippen LogP contribution in [0, 0.1) is 13.8 Å². The number of carbonyl (C=O) groups is 1. The summed E-state index contributed by atoms with van der Waals surface area (Å²) in [5, 5.41) is 7.86. The number of rotatable bonds is 7. The Balaban J connectivity index is 1.24. The highest BCUT2D eigenvalue weighted by atomic mass is 35.5. The van der Waals surface area contributed by atoms with Crippen LogP contribution >= 0.6 is 11.6 Å². The molecule has 1 aliphatic heterocycles. The molecule has 1 saturated heterocycles. The van der Waals surface area contributed by atoms with Gasteiger partial charge in [0.25, 0.3) is 5.91 Å². The number of nitrogens with zero attached hydrogens (tertiary/aromatic N) is 4. The van der Waals surface area contributed by atoms with Crippen LogP contribution in [0.25, 0.3) is 11.3 Å². The summed E-state index contributed by atoms with van der Waals surface area (Å²) in [6.07, 6.45) is 4.24. The van der Waals surface area contributed by atoms with Crippen molar-refractivity contribution in [2.75, 3.05) is 44.2 Å². The molecule has 32 heavy (non-hydrogen) atoms. The number of pyridine rings is 1. The fourth-order valence-electron chi connectivity index (χ4n) is 4.07. The van der Waals surface area contributed by atoms with Gasteiger partial charge in [-0.25, -0.2) is 0 Å². The van der Waals surface area contributed by atoms with Crippen LogP contribution in [0.5, 0.6) is 0 Å². The van der Waals surface area contributed by atoms with Crippen LogP contribution in [0.15, 0.2) is 47.2 Å². The molecule has 0 atom stereocenters. The number of amides is 1. The number of carbonyl (C=O) groups excluding carboxylic acids is 1. The average Bonchev–Trinajstić information content (AvgIpc) is 3.21. The molecule has 0 spiro atoms. The lowest BCUT2D eigenvalue weighted by atomic mass is 10.1. The maximum Gasteiger partial charge on any atom is 0.257 e. The Kier molecular flexibility index (Phi) is 7.07. The highest BCUT2D eigenvalue weighted by molar-refractivity contribution is 6.30. The smallest absolute Gasteiger partial charge is 0.257 e. The molecule has 4 rings (SSSR count). The quantitative estimate of drug-likeness (QED) is 0.546. The molecule has 1 aromatic carbocycles. The molecular formula is C24H28ClN5O2. The second kappa shape index (κ2) is 10.1. The van der Waals surface area contributed by atoms with Crippen molar-refractivity contribution in [1.29, 1.82) is 0 Å². The van der Waals surface area contributed by atoms with Crippen LogP contribution in [0.1, 0.15) is 28.1 Å². The first-order valence-corrected chi connectivity index (χ1v) is 11.3. The van der Waals surface area contributed by atoms with E-state index in [-0.39, 0.29) is 5.91 Å². The molecular weight excluding hydrogens is 426 g/mol. The van der Waals surface area contributed by atoms with E-state index in [2.05, 4.69) is 44.3 Å². The number of aryl methyl sites for hydroxylation is 2. The molecule has 3 heterocycles. The molecule has 1 fully saturated rings. The van der Waals surface area contributed by atoms with E-state index in [1.165, 1.54) is 11.3 Å². The first-order valence-electron chi connectivity index (χ1n) is 10.9. The Morgan fingerprint density at radius 3 is 2.62 bits per heavy atom. The van der Waals surface area contributed by atoms with Gasteiger partial charge >= 0.3 is 0 Å². The van der Waals surface area contributed by atoms with Gasteiger partial charge < -0.3 is 14.7 Å². The Labute approximate surface area is 193 Å². The Bertz CT molecular complexity index is 1060.